The van der Waals surface area contributed by atoms with E-state index in [0.717, 1.165) is 24.2 Å². The zero-order valence-corrected chi connectivity index (χ0v) is 24.0. The lowest BCUT2D eigenvalue weighted by atomic mass is 9.99. The summed E-state index contributed by atoms with van der Waals surface area (Å²) in [7, 11) is 0. The summed E-state index contributed by atoms with van der Waals surface area (Å²) < 4.78 is 31.7. The first-order valence-electron chi connectivity index (χ1n) is 13.1. The van der Waals surface area contributed by atoms with Gasteiger partial charge in [-0.15, -0.1) is 0 Å². The largest absolute Gasteiger partial charge is 0.490 e. The maximum atomic E-state index is 13.4. The maximum absolute atomic E-state index is 13.4. The second-order valence-electron chi connectivity index (χ2n) is 10.2. The van der Waals surface area contributed by atoms with Gasteiger partial charge in [0.25, 0.3) is 5.91 Å². The molecule has 0 atom stereocenters. The van der Waals surface area contributed by atoms with E-state index in [9.17, 15) is 27.6 Å². The highest BCUT2D eigenvalue weighted by Crippen LogP contribution is 2.36. The van der Waals surface area contributed by atoms with Crippen LogP contribution in [0.4, 0.5) is 29.3 Å². The summed E-state index contributed by atoms with van der Waals surface area (Å²) in [5.74, 6) is -3.03. The van der Waals surface area contributed by atoms with Gasteiger partial charge in [-0.1, -0.05) is 33.8 Å². The number of amides is 4. The van der Waals surface area contributed by atoms with Crippen LogP contribution in [0.25, 0.3) is 0 Å². The summed E-state index contributed by atoms with van der Waals surface area (Å²) >= 11 is 0. The van der Waals surface area contributed by atoms with Crippen molar-refractivity contribution in [2.24, 2.45) is 0 Å². The first-order valence-corrected chi connectivity index (χ1v) is 13.1. The Morgan fingerprint density at radius 1 is 1.07 bits per heavy atom. The Morgan fingerprint density at radius 2 is 1.63 bits per heavy atom. The number of rotatable bonds is 9. The van der Waals surface area contributed by atoms with Crippen LogP contribution in [0.1, 0.15) is 58.6 Å². The number of aromatic nitrogens is 1. The predicted octanol–water partition coefficient (Wildman–Crippen LogP) is 4.87. The average Bonchev–Trinajstić information content (AvgIpc) is 3.06. The number of carbonyl (C=O) groups excluding carboxylic acids is 3. The summed E-state index contributed by atoms with van der Waals surface area (Å²) in [6.07, 6.45) is -1.75. The van der Waals surface area contributed by atoms with E-state index in [1.807, 2.05) is 50.8 Å². The van der Waals surface area contributed by atoms with Crippen LogP contribution >= 0.6 is 0 Å². The number of halogens is 3. The second-order valence-corrected chi connectivity index (χ2v) is 10.2. The molecule has 1 saturated heterocycles. The third-order valence-electron chi connectivity index (χ3n) is 6.61. The van der Waals surface area contributed by atoms with Crippen LogP contribution in [0, 0.1) is 0 Å². The Labute approximate surface area is 237 Å². The molecule has 1 aliphatic rings. The number of anilines is 2. The van der Waals surface area contributed by atoms with Crippen molar-refractivity contribution in [1.29, 1.82) is 0 Å². The summed E-state index contributed by atoms with van der Waals surface area (Å²) in [5, 5.41) is 10.1. The highest BCUT2D eigenvalue weighted by Gasteiger charge is 2.51. The smallest absolute Gasteiger partial charge is 0.475 e. The molecule has 2 N–H and O–H groups in total. The molecule has 4 amide bonds. The van der Waals surface area contributed by atoms with E-state index in [1.54, 1.807) is 43.3 Å². The molecule has 224 valence electrons. The van der Waals surface area contributed by atoms with Gasteiger partial charge in [-0.25, -0.2) is 14.5 Å². The van der Waals surface area contributed by atoms with Gasteiger partial charge in [0.2, 0.25) is 5.91 Å². The van der Waals surface area contributed by atoms with Crippen molar-refractivity contribution in [3.8, 4) is 0 Å². The number of nitrogens with one attached hydrogen (secondary N) is 1. The molecule has 0 radical (unpaired) electrons. The lowest BCUT2D eigenvalue weighted by Crippen LogP contribution is -2.43. The third kappa shape index (κ3) is 8.26. The van der Waals surface area contributed by atoms with Crippen molar-refractivity contribution >= 4 is 35.2 Å². The van der Waals surface area contributed by atoms with Crippen molar-refractivity contribution in [1.82, 2.24) is 14.8 Å². The molecule has 0 aliphatic carbocycles. The van der Waals surface area contributed by atoms with Crippen LogP contribution in [-0.2, 0) is 20.9 Å². The van der Waals surface area contributed by atoms with Gasteiger partial charge in [0.15, 0.2) is 0 Å². The minimum absolute atomic E-state index is 0.124. The van der Waals surface area contributed by atoms with Gasteiger partial charge >= 0.3 is 18.2 Å². The highest BCUT2D eigenvalue weighted by molar-refractivity contribution is 6.23. The lowest BCUT2D eigenvalue weighted by Gasteiger charge is -2.27. The van der Waals surface area contributed by atoms with Gasteiger partial charge in [-0.3, -0.25) is 19.5 Å². The number of urea groups is 1. The summed E-state index contributed by atoms with van der Waals surface area (Å²) in [6.45, 7) is 13.8. The van der Waals surface area contributed by atoms with E-state index >= 15 is 0 Å². The SMILES string of the molecule is CCN(CC)CC(=O)Nc1cc(N2C(=O)N(Cc3ccncc3)C(C)(C)C2=O)ccc1C(C)C.O=C(O)C(F)(F)F. The molecule has 2 heterocycles. The zero-order chi connectivity index (χ0) is 31.1. The molecule has 1 aromatic heterocycles. The monoisotopic (exact) mass is 579 g/mol. The number of carbonyl (C=O) groups is 4. The topological polar surface area (TPSA) is 123 Å². The molecule has 2 aromatic rings. The number of alkyl halides is 3. The van der Waals surface area contributed by atoms with Crippen molar-refractivity contribution in [3.05, 3.63) is 53.9 Å². The maximum Gasteiger partial charge on any atom is 0.490 e. The number of carboxylic acids is 1. The fourth-order valence-electron chi connectivity index (χ4n) is 4.13. The van der Waals surface area contributed by atoms with Crippen LogP contribution in [0.2, 0.25) is 0 Å². The van der Waals surface area contributed by atoms with Crippen molar-refractivity contribution < 1.29 is 37.5 Å². The number of imide groups is 1. The number of pyridine rings is 1. The van der Waals surface area contributed by atoms with E-state index in [1.165, 1.54) is 4.90 Å². The number of aliphatic carboxylic acids is 1. The minimum atomic E-state index is -5.08. The molecule has 0 spiro atoms. The van der Waals surface area contributed by atoms with Gasteiger partial charge in [0.1, 0.15) is 5.54 Å². The minimum Gasteiger partial charge on any atom is -0.475 e. The lowest BCUT2D eigenvalue weighted by molar-refractivity contribution is -0.192. The van der Waals surface area contributed by atoms with Gasteiger partial charge in [-0.05, 0) is 68.2 Å². The standard InChI is InChI=1S/C26H35N5O3.C2HF3O2/c1-7-29(8-2)17-23(32)28-22-15-20(9-10-21(22)18(3)4)31-24(33)26(5,6)30(25(31)34)16-19-11-13-27-14-12-19;3-2(4,5)1(6)7/h9-15,18H,7-8,16-17H2,1-6H3,(H,28,32);(H,6,7). The van der Waals surface area contributed by atoms with E-state index in [2.05, 4.69) is 10.3 Å². The van der Waals surface area contributed by atoms with Crippen molar-refractivity contribution in [3.63, 3.8) is 0 Å². The van der Waals surface area contributed by atoms with Gasteiger partial charge in [-0.2, -0.15) is 13.2 Å². The molecule has 10 nitrogen and oxygen atoms in total. The number of carboxylic acid groups (broad SMARTS) is 1. The first-order chi connectivity index (χ1) is 19.0. The van der Waals surface area contributed by atoms with E-state index in [4.69, 9.17) is 9.90 Å². The molecule has 1 fully saturated rings. The number of hydrogen-bond donors (Lipinski definition) is 2. The van der Waals surface area contributed by atoms with Gasteiger partial charge < -0.3 is 15.3 Å². The Balaban J connectivity index is 0.000000745. The molecule has 0 bridgehead atoms. The highest BCUT2D eigenvalue weighted by atomic mass is 19.4. The normalized spacial score (nSPS) is 14.8. The van der Waals surface area contributed by atoms with Crippen molar-refractivity contribution in [2.45, 2.75) is 65.7 Å². The molecule has 0 unspecified atom stereocenters. The summed E-state index contributed by atoms with van der Waals surface area (Å²) in [6, 6.07) is 8.67. The van der Waals surface area contributed by atoms with Crippen LogP contribution < -0.4 is 10.2 Å². The first kappa shape index (κ1) is 33.2. The van der Waals surface area contributed by atoms with Crippen molar-refractivity contribution in [2.75, 3.05) is 29.9 Å². The van der Waals surface area contributed by atoms with Crippen LogP contribution in [0.5, 0.6) is 0 Å². The molecule has 1 aliphatic heterocycles. The van der Waals surface area contributed by atoms with E-state index in [-0.39, 0.29) is 30.3 Å². The molecule has 3 rings (SSSR count). The zero-order valence-electron chi connectivity index (χ0n) is 24.0. The molecule has 1 aromatic carbocycles. The van der Waals surface area contributed by atoms with E-state index < -0.39 is 17.7 Å². The van der Waals surface area contributed by atoms with Crippen LogP contribution in [0.3, 0.4) is 0 Å². The predicted molar refractivity (Wildman–Crippen MR) is 147 cm³/mol. The number of nitrogens with zero attached hydrogens (tertiary/aromatic N) is 4. The Morgan fingerprint density at radius 3 is 2.12 bits per heavy atom. The number of benzene rings is 1. The van der Waals surface area contributed by atoms with Gasteiger partial charge in [0, 0.05) is 24.6 Å². The van der Waals surface area contributed by atoms with Gasteiger partial charge in [0.05, 0.1) is 12.2 Å². The number of hydrogen-bond acceptors (Lipinski definition) is 6. The Hall–Kier alpha value is -4.00. The van der Waals surface area contributed by atoms with E-state index in [0.29, 0.717) is 17.9 Å². The number of likely N-dealkylation sites (N-methyl/N-ethyl adjacent to an activating group) is 1. The molecule has 0 saturated carbocycles. The molecular formula is C28H36F3N5O5. The fourth-order valence-corrected chi connectivity index (χ4v) is 4.13. The molecule has 41 heavy (non-hydrogen) atoms. The fraction of sp³-hybridized carbons (Fsp3) is 0.464. The summed E-state index contributed by atoms with van der Waals surface area (Å²) in [4.78, 5) is 57.3. The quantitative estimate of drug-likeness (QED) is 0.407. The Bertz CT molecular complexity index is 1250. The van der Waals surface area contributed by atoms with Crippen LogP contribution in [0.15, 0.2) is 42.7 Å². The van der Waals surface area contributed by atoms with Crippen LogP contribution in [-0.4, -0.2) is 75.1 Å². The molecule has 13 heteroatoms. The second kappa shape index (κ2) is 13.6. The average molecular weight is 580 g/mol. The third-order valence-corrected chi connectivity index (χ3v) is 6.61. The Kier molecular flexibility index (Phi) is 11.0. The summed E-state index contributed by atoms with van der Waals surface area (Å²) in [5.41, 5.74) is 1.90. The molecular weight excluding hydrogens is 543 g/mol.